The molecule has 3 aromatic rings. The lowest BCUT2D eigenvalue weighted by Gasteiger charge is -2.36. The molecule has 1 heterocycles. The van der Waals surface area contributed by atoms with Crippen LogP contribution in [0.25, 0.3) is 0 Å². The van der Waals surface area contributed by atoms with Crippen molar-refractivity contribution in [1.82, 2.24) is 10.2 Å². The minimum atomic E-state index is -0.616. The van der Waals surface area contributed by atoms with Gasteiger partial charge < -0.3 is 19.5 Å². The van der Waals surface area contributed by atoms with E-state index in [0.717, 1.165) is 63.4 Å². The Kier molecular flexibility index (Phi) is 14.6. The molecule has 2 amide bonds. The minimum absolute atomic E-state index is 0.136. The first-order valence-corrected chi connectivity index (χ1v) is 16.6. The summed E-state index contributed by atoms with van der Waals surface area (Å²) in [6.07, 6.45) is 9.13. The Balaban J connectivity index is 1.35. The van der Waals surface area contributed by atoms with Gasteiger partial charge in [-0.3, -0.25) is 4.18 Å². The van der Waals surface area contributed by atoms with Gasteiger partial charge in [0.1, 0.15) is 12.1 Å². The monoisotopic (exact) mass is 618 g/mol. The molecule has 0 aromatic heterocycles. The highest BCUT2D eigenvalue weighted by molar-refractivity contribution is 7.88. The van der Waals surface area contributed by atoms with E-state index in [0.29, 0.717) is 19.4 Å². The number of carbonyl (C=O) groups is 2. The summed E-state index contributed by atoms with van der Waals surface area (Å²) in [5.74, 6) is -0.311. The summed E-state index contributed by atoms with van der Waals surface area (Å²) in [4.78, 5) is 28.8. The van der Waals surface area contributed by atoms with Crippen molar-refractivity contribution in [3.8, 4) is 0 Å². The highest BCUT2D eigenvalue weighted by Gasteiger charge is 2.35. The van der Waals surface area contributed by atoms with Gasteiger partial charge in [-0.15, -0.1) is 0 Å². The smallest absolute Gasteiger partial charge is 0.329 e. The largest absolute Gasteiger partial charge is 0.461 e. The third-order valence-electron chi connectivity index (χ3n) is 8.21. The standard InChI is InChI=1S/C36H46N2O5S/c39-35(34-25-12-13-26-38(34)36(40)37-32(28-42-44-41)27-31-20-8-3-9-21-31)43-33(24-14-22-30-17-6-2-7-18-30)23-11-10-19-29-15-4-1-5-16-29/h1-9,15-18,20-21,32-34,41H,10-14,19,22-28H2,(H,37,40). The molecule has 0 saturated carbocycles. The molecule has 0 aliphatic carbocycles. The highest BCUT2D eigenvalue weighted by Crippen LogP contribution is 2.22. The average molecular weight is 619 g/mol. The number of nitrogens with one attached hydrogen (secondary N) is 1. The fraction of sp³-hybridized carbons (Fsp3) is 0.444. The van der Waals surface area contributed by atoms with Crippen molar-refractivity contribution in [1.29, 1.82) is 0 Å². The summed E-state index contributed by atoms with van der Waals surface area (Å²) in [6, 6.07) is 29.4. The van der Waals surface area contributed by atoms with Gasteiger partial charge in [0.25, 0.3) is 0 Å². The molecule has 1 aliphatic heterocycles. The Labute approximate surface area is 266 Å². The Hall–Kier alpha value is -3.33. The number of aryl methyl sites for hydroxylation is 2. The topological polar surface area (TPSA) is 88.1 Å². The van der Waals surface area contributed by atoms with Gasteiger partial charge in [0.2, 0.25) is 0 Å². The number of ether oxygens (including phenoxy) is 1. The molecule has 3 aromatic carbocycles. The molecule has 4 rings (SSSR count). The summed E-state index contributed by atoms with van der Waals surface area (Å²) < 4.78 is 20.5. The molecule has 1 fully saturated rings. The number of esters is 1. The maximum absolute atomic E-state index is 13.7. The maximum Gasteiger partial charge on any atom is 0.329 e. The molecule has 1 aliphatic rings. The molecule has 0 bridgehead atoms. The second-order valence-corrected chi connectivity index (χ2v) is 12.0. The Morgan fingerprint density at radius 2 is 1.41 bits per heavy atom. The lowest BCUT2D eigenvalue weighted by Crippen LogP contribution is -2.55. The van der Waals surface area contributed by atoms with Crippen molar-refractivity contribution in [2.24, 2.45) is 0 Å². The van der Waals surface area contributed by atoms with Crippen LogP contribution in [0.5, 0.6) is 0 Å². The van der Waals surface area contributed by atoms with Gasteiger partial charge >= 0.3 is 12.0 Å². The number of hydrogen-bond donors (Lipinski definition) is 2. The van der Waals surface area contributed by atoms with E-state index >= 15 is 0 Å². The van der Waals surface area contributed by atoms with Gasteiger partial charge in [-0.05, 0) is 87.3 Å². The number of hydrogen-bond acceptors (Lipinski definition) is 6. The summed E-state index contributed by atoms with van der Waals surface area (Å²) >= 11 is 0.288. The fourth-order valence-electron chi connectivity index (χ4n) is 5.87. The maximum atomic E-state index is 13.7. The molecule has 44 heavy (non-hydrogen) atoms. The lowest BCUT2D eigenvalue weighted by molar-refractivity contribution is -0.156. The molecule has 1 saturated heterocycles. The van der Waals surface area contributed by atoms with E-state index in [1.54, 1.807) is 4.90 Å². The van der Waals surface area contributed by atoms with Crippen molar-refractivity contribution < 1.29 is 23.1 Å². The number of benzene rings is 3. The van der Waals surface area contributed by atoms with Gasteiger partial charge in [-0.2, -0.15) is 0 Å². The van der Waals surface area contributed by atoms with E-state index < -0.39 is 6.04 Å². The lowest BCUT2D eigenvalue weighted by atomic mass is 10.00. The summed E-state index contributed by atoms with van der Waals surface area (Å²) in [7, 11) is 0. The molecule has 0 spiro atoms. The zero-order chi connectivity index (χ0) is 30.8. The van der Waals surface area contributed by atoms with Crippen LogP contribution >= 0.6 is 12.3 Å². The summed E-state index contributed by atoms with van der Waals surface area (Å²) in [5.41, 5.74) is 3.65. The van der Waals surface area contributed by atoms with Crippen molar-refractivity contribution in [2.45, 2.75) is 88.8 Å². The molecule has 3 atom stereocenters. The van der Waals surface area contributed by atoms with Crippen LogP contribution in [0.3, 0.4) is 0 Å². The number of piperidine rings is 1. The van der Waals surface area contributed by atoms with Crippen LogP contribution in [0.1, 0.15) is 68.1 Å². The van der Waals surface area contributed by atoms with Gasteiger partial charge in [-0.25, -0.2) is 9.59 Å². The molecular weight excluding hydrogens is 572 g/mol. The van der Waals surface area contributed by atoms with Crippen LogP contribution in [0.4, 0.5) is 4.79 Å². The molecule has 8 heteroatoms. The third kappa shape index (κ3) is 11.6. The van der Waals surface area contributed by atoms with Gasteiger partial charge in [-0.1, -0.05) is 91.0 Å². The van der Waals surface area contributed by atoms with Crippen molar-refractivity contribution in [2.75, 3.05) is 13.2 Å². The van der Waals surface area contributed by atoms with E-state index in [1.165, 1.54) is 11.1 Å². The quantitative estimate of drug-likeness (QED) is 0.0918. The van der Waals surface area contributed by atoms with Crippen LogP contribution in [0.15, 0.2) is 91.0 Å². The van der Waals surface area contributed by atoms with Crippen molar-refractivity contribution in [3.05, 3.63) is 108 Å². The van der Waals surface area contributed by atoms with Gasteiger partial charge in [0.15, 0.2) is 12.3 Å². The summed E-state index contributed by atoms with van der Waals surface area (Å²) in [6.45, 7) is 0.631. The predicted octanol–water partition coefficient (Wildman–Crippen LogP) is 7.65. The van der Waals surface area contributed by atoms with Crippen LogP contribution in [-0.4, -0.2) is 52.8 Å². The van der Waals surface area contributed by atoms with E-state index in [2.05, 4.69) is 53.8 Å². The predicted molar refractivity (Wildman–Crippen MR) is 176 cm³/mol. The van der Waals surface area contributed by atoms with E-state index in [-0.39, 0.29) is 43.1 Å². The van der Waals surface area contributed by atoms with Crippen LogP contribution in [0, 0.1) is 0 Å². The molecule has 236 valence electrons. The van der Waals surface area contributed by atoms with Gasteiger partial charge in [0, 0.05) is 6.54 Å². The van der Waals surface area contributed by atoms with Crippen molar-refractivity contribution >= 4 is 24.3 Å². The van der Waals surface area contributed by atoms with Crippen LogP contribution < -0.4 is 5.32 Å². The third-order valence-corrected chi connectivity index (χ3v) is 8.45. The molecular formula is C36H46N2O5S. The second-order valence-electron chi connectivity index (χ2n) is 11.6. The Morgan fingerprint density at radius 1 is 0.818 bits per heavy atom. The van der Waals surface area contributed by atoms with E-state index in [1.807, 2.05) is 42.5 Å². The first-order valence-electron chi connectivity index (χ1n) is 15.9. The van der Waals surface area contributed by atoms with E-state index in [9.17, 15) is 9.59 Å². The SMILES string of the molecule is O=C(OC(CCCCc1ccccc1)CCCc1ccccc1)C1CCCCN1C(=O)NC(COSO)Cc1ccccc1. The number of amides is 2. The van der Waals surface area contributed by atoms with E-state index in [4.69, 9.17) is 13.5 Å². The number of nitrogens with zero attached hydrogens (tertiary/aromatic N) is 1. The number of carbonyl (C=O) groups excluding carboxylic acids is 2. The molecule has 0 radical (unpaired) electrons. The summed E-state index contributed by atoms with van der Waals surface area (Å²) in [5, 5.41) is 3.05. The Bertz CT molecular complexity index is 1230. The zero-order valence-electron chi connectivity index (χ0n) is 25.5. The van der Waals surface area contributed by atoms with Crippen LogP contribution in [0.2, 0.25) is 0 Å². The molecule has 7 nitrogen and oxygen atoms in total. The fourth-order valence-corrected chi connectivity index (χ4v) is 6.09. The second kappa shape index (κ2) is 19.1. The Morgan fingerprint density at radius 3 is 2.05 bits per heavy atom. The van der Waals surface area contributed by atoms with Crippen molar-refractivity contribution in [3.63, 3.8) is 0 Å². The first-order chi connectivity index (χ1) is 21.6. The number of unbranched alkanes of at least 4 members (excludes halogenated alkanes) is 1. The number of likely N-dealkylation sites (tertiary alicyclic amines) is 1. The average Bonchev–Trinajstić information content (AvgIpc) is 3.06. The normalized spacial score (nSPS) is 16.2. The number of rotatable bonds is 17. The number of urea groups is 1. The van der Waals surface area contributed by atoms with Crippen LogP contribution in [-0.2, 0) is 33.0 Å². The van der Waals surface area contributed by atoms with Gasteiger partial charge in [0.05, 0.1) is 12.6 Å². The minimum Gasteiger partial charge on any atom is -0.461 e. The first kappa shape index (κ1) is 33.6. The zero-order valence-corrected chi connectivity index (χ0v) is 26.3. The highest BCUT2D eigenvalue weighted by atomic mass is 32.2. The molecule has 3 unspecified atom stereocenters. The molecule has 2 N–H and O–H groups in total.